The molecule has 1 aliphatic carbocycles. The number of hydrogen-bond acceptors (Lipinski definition) is 7. The maximum absolute atomic E-state index is 13.1. The molecule has 2 heterocycles. The highest BCUT2D eigenvalue weighted by Gasteiger charge is 2.69. The highest BCUT2D eigenvalue weighted by Crippen LogP contribution is 2.54. The first kappa shape index (κ1) is 26.8. The highest BCUT2D eigenvalue weighted by molar-refractivity contribution is 9.10. The summed E-state index contributed by atoms with van der Waals surface area (Å²) in [6, 6.07) is 13.7. The number of benzene rings is 2. The van der Waals surface area contributed by atoms with E-state index in [1.807, 2.05) is 13.8 Å². The molecule has 0 spiro atoms. The number of ether oxygens (including phenoxy) is 4. The fraction of sp³-hybridized carbons (Fsp3) is 0.345. The first-order chi connectivity index (χ1) is 18.2. The number of allylic oxidation sites excluding steroid dienone is 2. The molecule has 5 rings (SSSR count). The van der Waals surface area contributed by atoms with E-state index in [1.54, 1.807) is 48.5 Å². The monoisotopic (exact) mass is 644 g/mol. The lowest BCUT2D eigenvalue weighted by atomic mass is 9.80. The second kappa shape index (κ2) is 10.8. The molecular formula is C29H26Br2O7. The maximum atomic E-state index is 13.1. The van der Waals surface area contributed by atoms with Crippen molar-refractivity contribution in [3.8, 4) is 0 Å². The summed E-state index contributed by atoms with van der Waals surface area (Å²) >= 11 is 6.72. The summed E-state index contributed by atoms with van der Waals surface area (Å²) in [5.41, 5.74) is 2.21. The van der Waals surface area contributed by atoms with Crippen LogP contribution in [0.5, 0.6) is 0 Å². The molecule has 1 saturated heterocycles. The molecule has 4 atom stereocenters. The Morgan fingerprint density at radius 3 is 2.21 bits per heavy atom. The molecule has 7 nitrogen and oxygen atoms in total. The van der Waals surface area contributed by atoms with E-state index in [0.29, 0.717) is 41.5 Å². The van der Waals surface area contributed by atoms with E-state index in [1.165, 1.54) is 0 Å². The average Bonchev–Trinajstić information content (AvgIpc) is 3.52. The zero-order valence-electron chi connectivity index (χ0n) is 20.9. The Bertz CT molecular complexity index is 1330. The molecular weight excluding hydrogens is 620 g/mol. The minimum Gasteiger partial charge on any atom is -0.459 e. The Balaban J connectivity index is 1.39. The lowest BCUT2D eigenvalue weighted by molar-refractivity contribution is -0.141. The van der Waals surface area contributed by atoms with Crippen molar-refractivity contribution in [1.29, 1.82) is 0 Å². The highest BCUT2D eigenvalue weighted by atomic mass is 79.9. The number of halogens is 2. The van der Waals surface area contributed by atoms with Crippen molar-refractivity contribution in [1.82, 2.24) is 0 Å². The van der Waals surface area contributed by atoms with Crippen molar-refractivity contribution >= 4 is 49.8 Å². The van der Waals surface area contributed by atoms with Crippen LogP contribution in [0, 0.1) is 0 Å². The van der Waals surface area contributed by atoms with Crippen LogP contribution < -0.4 is 0 Å². The van der Waals surface area contributed by atoms with Gasteiger partial charge in [0.05, 0.1) is 11.1 Å². The van der Waals surface area contributed by atoms with Crippen molar-refractivity contribution in [2.75, 3.05) is 6.61 Å². The van der Waals surface area contributed by atoms with Gasteiger partial charge in [0.15, 0.2) is 6.10 Å². The van der Waals surface area contributed by atoms with Crippen molar-refractivity contribution in [3.63, 3.8) is 0 Å². The van der Waals surface area contributed by atoms with Crippen LogP contribution in [0.25, 0.3) is 0 Å². The van der Waals surface area contributed by atoms with Crippen LogP contribution in [-0.4, -0.2) is 48.4 Å². The molecule has 2 aromatic carbocycles. The van der Waals surface area contributed by atoms with Gasteiger partial charge in [-0.2, -0.15) is 0 Å². The zero-order valence-corrected chi connectivity index (χ0v) is 24.0. The van der Waals surface area contributed by atoms with Crippen LogP contribution in [0.15, 0.2) is 80.3 Å². The van der Waals surface area contributed by atoms with E-state index in [0.717, 1.165) is 14.5 Å². The van der Waals surface area contributed by atoms with E-state index in [2.05, 4.69) is 37.9 Å². The van der Waals surface area contributed by atoms with Crippen molar-refractivity contribution in [2.24, 2.45) is 0 Å². The Labute approximate surface area is 237 Å². The molecule has 0 bridgehead atoms. The minimum absolute atomic E-state index is 0.0483. The normalized spacial score (nSPS) is 25.2. The number of carbonyl (C=O) groups excluding carboxylic acids is 3. The Morgan fingerprint density at radius 2 is 1.61 bits per heavy atom. The quantitative estimate of drug-likeness (QED) is 0.148. The van der Waals surface area contributed by atoms with Crippen LogP contribution in [0.1, 0.15) is 53.8 Å². The van der Waals surface area contributed by atoms with Crippen molar-refractivity contribution in [2.45, 2.75) is 57.0 Å². The van der Waals surface area contributed by atoms with E-state index in [4.69, 9.17) is 18.9 Å². The van der Waals surface area contributed by atoms with Crippen LogP contribution in [-0.2, 0) is 23.7 Å². The smallest absolute Gasteiger partial charge is 0.338 e. The predicted molar refractivity (Wildman–Crippen MR) is 146 cm³/mol. The molecule has 198 valence electrons. The molecule has 0 aromatic heterocycles. The third kappa shape index (κ3) is 5.51. The number of esters is 3. The molecule has 38 heavy (non-hydrogen) atoms. The molecule has 0 N–H and O–H groups in total. The van der Waals surface area contributed by atoms with E-state index >= 15 is 0 Å². The largest absolute Gasteiger partial charge is 0.459 e. The average molecular weight is 646 g/mol. The first-order valence-electron chi connectivity index (χ1n) is 12.3. The van der Waals surface area contributed by atoms with Gasteiger partial charge < -0.3 is 18.9 Å². The minimum atomic E-state index is -0.903. The Kier molecular flexibility index (Phi) is 7.62. The van der Waals surface area contributed by atoms with Gasteiger partial charge >= 0.3 is 17.9 Å². The predicted octanol–water partition coefficient (Wildman–Crippen LogP) is 6.10. The second-order valence-electron chi connectivity index (χ2n) is 9.87. The van der Waals surface area contributed by atoms with Crippen molar-refractivity contribution < 1.29 is 33.3 Å². The molecule has 2 aliphatic heterocycles. The first-order valence-corrected chi connectivity index (χ1v) is 13.9. The van der Waals surface area contributed by atoms with Gasteiger partial charge in [0.2, 0.25) is 0 Å². The fourth-order valence-electron chi connectivity index (χ4n) is 4.96. The molecule has 9 heteroatoms. The summed E-state index contributed by atoms with van der Waals surface area (Å²) in [5, 5.41) is 0. The third-order valence-electron chi connectivity index (χ3n) is 6.91. The van der Waals surface area contributed by atoms with E-state index in [-0.39, 0.29) is 6.61 Å². The molecule has 0 radical (unpaired) electrons. The molecule has 4 unspecified atom stereocenters. The SMILES string of the molecule is CC(C)=CCCC1=C2C(CC3(COC(=O)c4ccc(Br)cc4)OC3C2OC(=O)c2ccc(Br)cc2)OC1=O. The molecule has 2 fully saturated rings. The summed E-state index contributed by atoms with van der Waals surface area (Å²) in [7, 11) is 0. The number of rotatable bonds is 8. The summed E-state index contributed by atoms with van der Waals surface area (Å²) in [6.45, 7) is 3.95. The molecule has 0 amide bonds. The summed E-state index contributed by atoms with van der Waals surface area (Å²) in [6.07, 6.45) is 1.52. The zero-order chi connectivity index (χ0) is 27.0. The fourth-order valence-corrected chi connectivity index (χ4v) is 5.49. The number of carbonyl (C=O) groups is 3. The number of epoxide rings is 1. The van der Waals surface area contributed by atoms with E-state index in [9.17, 15) is 14.4 Å². The topological polar surface area (TPSA) is 91.4 Å². The maximum Gasteiger partial charge on any atom is 0.338 e. The van der Waals surface area contributed by atoms with Crippen molar-refractivity contribution in [3.05, 3.63) is 91.4 Å². The Morgan fingerprint density at radius 1 is 1.00 bits per heavy atom. The molecule has 2 aromatic rings. The van der Waals surface area contributed by atoms with Crippen LogP contribution in [0.4, 0.5) is 0 Å². The molecule has 3 aliphatic rings. The van der Waals surface area contributed by atoms with Gasteiger partial charge in [-0.05, 0) is 75.2 Å². The van der Waals surface area contributed by atoms with Crippen LogP contribution >= 0.6 is 31.9 Å². The third-order valence-corrected chi connectivity index (χ3v) is 7.97. The number of hydrogen-bond donors (Lipinski definition) is 0. The van der Waals surface area contributed by atoms with Gasteiger partial charge in [-0.1, -0.05) is 43.5 Å². The van der Waals surface area contributed by atoms with Gasteiger partial charge in [-0.15, -0.1) is 0 Å². The van der Waals surface area contributed by atoms with Gasteiger partial charge in [0, 0.05) is 26.5 Å². The van der Waals surface area contributed by atoms with Gasteiger partial charge in [-0.3, -0.25) is 0 Å². The lowest BCUT2D eigenvalue weighted by Gasteiger charge is -2.30. The second-order valence-corrected chi connectivity index (χ2v) is 11.7. The van der Waals surface area contributed by atoms with Gasteiger partial charge in [0.1, 0.15) is 24.4 Å². The van der Waals surface area contributed by atoms with Gasteiger partial charge in [0.25, 0.3) is 0 Å². The summed E-state index contributed by atoms with van der Waals surface area (Å²) in [5.74, 6) is -1.42. The van der Waals surface area contributed by atoms with Crippen LogP contribution in [0.3, 0.4) is 0 Å². The van der Waals surface area contributed by atoms with Gasteiger partial charge in [-0.25, -0.2) is 14.4 Å². The van der Waals surface area contributed by atoms with Crippen LogP contribution in [0.2, 0.25) is 0 Å². The molecule has 1 saturated carbocycles. The summed E-state index contributed by atoms with van der Waals surface area (Å²) in [4.78, 5) is 38.6. The summed E-state index contributed by atoms with van der Waals surface area (Å²) < 4.78 is 25.1. The number of fused-ring (bicyclic) bond motifs is 2. The Hall–Kier alpha value is -2.75. The lowest BCUT2D eigenvalue weighted by Crippen LogP contribution is -2.44. The van der Waals surface area contributed by atoms with E-state index < -0.39 is 41.8 Å². The standard InChI is InChI=1S/C29H26Br2O7/c1-16(2)4-3-5-21-23-22(36-28(21)34)14-29(15-35-26(32)17-6-10-19(30)11-7-17)25(38-29)24(23)37-27(33)18-8-12-20(31)13-9-18/h4,6-13,22,24-25H,3,5,14-15H2,1-2H3.